The average molecular weight is 242 g/mol. The predicted octanol–water partition coefficient (Wildman–Crippen LogP) is 5.12. The lowest BCUT2D eigenvalue weighted by Crippen LogP contribution is -2.36. The lowest BCUT2D eigenvalue weighted by atomic mass is 9.98. The minimum Gasteiger partial charge on any atom is -0.414 e. The molecule has 1 aliphatic rings. The van der Waals surface area contributed by atoms with Crippen molar-refractivity contribution in [2.24, 2.45) is 0 Å². The van der Waals surface area contributed by atoms with Crippen LogP contribution in [0.15, 0.2) is 0 Å². The third-order valence-electron chi connectivity index (χ3n) is 3.67. The van der Waals surface area contributed by atoms with Gasteiger partial charge in [0.1, 0.15) is 0 Å². The molecule has 0 radical (unpaired) electrons. The van der Waals surface area contributed by atoms with Crippen LogP contribution in [-0.2, 0) is 4.43 Å². The molecule has 1 saturated carbocycles. The Labute approximate surface area is 103 Å². The van der Waals surface area contributed by atoms with E-state index in [0.717, 1.165) is 0 Å². The van der Waals surface area contributed by atoms with E-state index in [1.807, 2.05) is 0 Å². The van der Waals surface area contributed by atoms with Crippen LogP contribution < -0.4 is 0 Å². The van der Waals surface area contributed by atoms with Gasteiger partial charge in [0.05, 0.1) is 0 Å². The van der Waals surface area contributed by atoms with Crippen LogP contribution >= 0.6 is 0 Å². The molecule has 0 amide bonds. The summed E-state index contributed by atoms with van der Waals surface area (Å²) in [5.74, 6) is 0. The Hall–Kier alpha value is 0.177. The van der Waals surface area contributed by atoms with Crippen molar-refractivity contribution in [1.29, 1.82) is 0 Å². The lowest BCUT2D eigenvalue weighted by molar-refractivity contribution is 0.145. The zero-order valence-corrected chi connectivity index (χ0v) is 12.6. The van der Waals surface area contributed by atoms with E-state index in [4.69, 9.17) is 4.43 Å². The molecular formula is C14H30OSi. The van der Waals surface area contributed by atoms with Gasteiger partial charge in [-0.3, -0.25) is 0 Å². The molecule has 0 aromatic rings. The number of rotatable bonds is 7. The van der Waals surface area contributed by atoms with Crippen molar-refractivity contribution < 1.29 is 4.43 Å². The molecule has 0 atom stereocenters. The topological polar surface area (TPSA) is 9.23 Å². The normalized spacial score (nSPS) is 18.9. The molecule has 0 aromatic carbocycles. The maximum Gasteiger partial charge on any atom is 0.187 e. The van der Waals surface area contributed by atoms with E-state index in [9.17, 15) is 0 Å². The number of hydrogen-bond donors (Lipinski definition) is 0. The minimum atomic E-state index is -1.34. The van der Waals surface area contributed by atoms with Crippen molar-refractivity contribution in [3.05, 3.63) is 0 Å². The van der Waals surface area contributed by atoms with E-state index in [1.165, 1.54) is 63.8 Å². The van der Waals surface area contributed by atoms with E-state index >= 15 is 0 Å². The molecule has 0 saturated heterocycles. The fourth-order valence-electron chi connectivity index (χ4n) is 2.67. The summed E-state index contributed by atoms with van der Waals surface area (Å²) in [6.07, 6.45) is 13.0. The second kappa shape index (κ2) is 7.49. The largest absolute Gasteiger partial charge is 0.414 e. The standard InChI is InChI=1S/C14H30OSi/c1-4-5-6-10-13-16(2,3)15-14-11-8-7-9-12-14/h14H,4-13H2,1-3H3. The maximum absolute atomic E-state index is 6.40. The summed E-state index contributed by atoms with van der Waals surface area (Å²) in [7, 11) is -1.34. The van der Waals surface area contributed by atoms with E-state index in [-0.39, 0.29) is 0 Å². The monoisotopic (exact) mass is 242 g/mol. The van der Waals surface area contributed by atoms with Gasteiger partial charge in [-0.05, 0) is 32.0 Å². The summed E-state index contributed by atoms with van der Waals surface area (Å²) in [6, 6.07) is 1.36. The van der Waals surface area contributed by atoms with Crippen molar-refractivity contribution in [3.8, 4) is 0 Å². The van der Waals surface area contributed by atoms with Crippen LogP contribution in [0.4, 0.5) is 0 Å². The first-order valence-corrected chi connectivity index (χ1v) is 10.4. The zero-order valence-electron chi connectivity index (χ0n) is 11.6. The molecule has 1 nitrogen and oxygen atoms in total. The quantitative estimate of drug-likeness (QED) is 0.445. The van der Waals surface area contributed by atoms with Crippen molar-refractivity contribution in [3.63, 3.8) is 0 Å². The fourth-order valence-corrected chi connectivity index (χ4v) is 5.03. The van der Waals surface area contributed by atoms with Crippen LogP contribution in [0, 0.1) is 0 Å². The Morgan fingerprint density at radius 3 is 2.31 bits per heavy atom. The highest BCUT2D eigenvalue weighted by molar-refractivity contribution is 6.71. The fraction of sp³-hybridized carbons (Fsp3) is 1.00. The van der Waals surface area contributed by atoms with Crippen LogP contribution in [-0.4, -0.2) is 14.4 Å². The van der Waals surface area contributed by atoms with Gasteiger partial charge < -0.3 is 4.43 Å². The Morgan fingerprint density at radius 2 is 1.69 bits per heavy atom. The summed E-state index contributed by atoms with van der Waals surface area (Å²) < 4.78 is 6.40. The van der Waals surface area contributed by atoms with Crippen LogP contribution in [0.25, 0.3) is 0 Å². The molecule has 96 valence electrons. The lowest BCUT2D eigenvalue weighted by Gasteiger charge is -2.31. The third-order valence-corrected chi connectivity index (χ3v) is 6.20. The van der Waals surface area contributed by atoms with Gasteiger partial charge in [-0.25, -0.2) is 0 Å². The molecule has 1 aliphatic carbocycles. The van der Waals surface area contributed by atoms with Gasteiger partial charge in [0, 0.05) is 6.10 Å². The molecule has 0 aromatic heterocycles. The highest BCUT2D eigenvalue weighted by Crippen LogP contribution is 2.26. The van der Waals surface area contributed by atoms with Gasteiger partial charge in [-0.15, -0.1) is 0 Å². The van der Waals surface area contributed by atoms with Crippen molar-refractivity contribution in [1.82, 2.24) is 0 Å². The number of hydrogen-bond acceptors (Lipinski definition) is 1. The smallest absolute Gasteiger partial charge is 0.187 e. The van der Waals surface area contributed by atoms with Crippen molar-refractivity contribution in [2.45, 2.75) is 90.0 Å². The van der Waals surface area contributed by atoms with Crippen molar-refractivity contribution >= 4 is 8.32 Å². The summed E-state index contributed by atoms with van der Waals surface area (Å²) in [5.41, 5.74) is 0. The molecule has 0 aliphatic heterocycles. The molecule has 2 heteroatoms. The first-order valence-electron chi connectivity index (χ1n) is 7.32. The Kier molecular flexibility index (Phi) is 6.67. The molecular weight excluding hydrogens is 212 g/mol. The predicted molar refractivity (Wildman–Crippen MR) is 74.4 cm³/mol. The second-order valence-electron chi connectivity index (χ2n) is 5.95. The van der Waals surface area contributed by atoms with Crippen LogP contribution in [0.5, 0.6) is 0 Å². The van der Waals surface area contributed by atoms with E-state index in [2.05, 4.69) is 20.0 Å². The molecule has 0 heterocycles. The maximum atomic E-state index is 6.40. The molecule has 0 N–H and O–H groups in total. The SMILES string of the molecule is CCCCCC[Si](C)(C)OC1CCCCC1. The Balaban J connectivity index is 2.16. The van der Waals surface area contributed by atoms with Gasteiger partial charge >= 0.3 is 0 Å². The second-order valence-corrected chi connectivity index (χ2v) is 10.2. The summed E-state index contributed by atoms with van der Waals surface area (Å²) in [4.78, 5) is 0. The summed E-state index contributed by atoms with van der Waals surface area (Å²) in [5, 5.41) is 0. The first-order chi connectivity index (χ1) is 7.64. The van der Waals surface area contributed by atoms with E-state index in [0.29, 0.717) is 6.10 Å². The zero-order chi connectivity index (χ0) is 11.9. The molecule has 16 heavy (non-hydrogen) atoms. The molecule has 0 unspecified atom stereocenters. The van der Waals surface area contributed by atoms with Gasteiger partial charge in [-0.2, -0.15) is 0 Å². The number of unbranched alkanes of at least 4 members (excludes halogenated alkanes) is 3. The van der Waals surface area contributed by atoms with E-state index in [1.54, 1.807) is 0 Å². The van der Waals surface area contributed by atoms with Crippen molar-refractivity contribution in [2.75, 3.05) is 0 Å². The van der Waals surface area contributed by atoms with Gasteiger partial charge in [0.15, 0.2) is 8.32 Å². The van der Waals surface area contributed by atoms with Crippen LogP contribution in [0.2, 0.25) is 19.1 Å². The molecule has 1 rings (SSSR count). The first kappa shape index (κ1) is 14.2. The highest BCUT2D eigenvalue weighted by Gasteiger charge is 2.26. The Bertz CT molecular complexity index is 174. The molecule has 1 fully saturated rings. The highest BCUT2D eigenvalue weighted by atomic mass is 28.4. The average Bonchev–Trinajstić information content (AvgIpc) is 2.25. The molecule has 0 bridgehead atoms. The van der Waals surface area contributed by atoms with Gasteiger partial charge in [0.2, 0.25) is 0 Å². The van der Waals surface area contributed by atoms with Gasteiger partial charge in [0.25, 0.3) is 0 Å². The Morgan fingerprint density at radius 1 is 1.00 bits per heavy atom. The summed E-state index contributed by atoms with van der Waals surface area (Å²) >= 11 is 0. The molecule has 0 spiro atoms. The summed E-state index contributed by atoms with van der Waals surface area (Å²) in [6.45, 7) is 7.10. The minimum absolute atomic E-state index is 0.613. The third kappa shape index (κ3) is 6.05. The van der Waals surface area contributed by atoms with Crippen LogP contribution in [0.1, 0.15) is 64.7 Å². The van der Waals surface area contributed by atoms with Crippen LogP contribution in [0.3, 0.4) is 0 Å². The van der Waals surface area contributed by atoms with E-state index < -0.39 is 8.32 Å². The van der Waals surface area contributed by atoms with Gasteiger partial charge in [-0.1, -0.05) is 51.9 Å².